The molecule has 1 unspecified atom stereocenters. The zero-order chi connectivity index (χ0) is 23.9. The highest BCUT2D eigenvalue weighted by molar-refractivity contribution is 5.94. The number of amides is 1. The molecule has 5 rings (SSSR count). The normalized spacial score (nSPS) is 15.0. The van der Waals surface area contributed by atoms with Gasteiger partial charge in [-0.05, 0) is 45.8 Å². The minimum atomic E-state index is -0.537. The van der Waals surface area contributed by atoms with Crippen LogP contribution in [0.25, 0.3) is 0 Å². The number of nitrogens with one attached hydrogen (secondary N) is 1. The molecule has 8 heteroatoms. The van der Waals surface area contributed by atoms with Gasteiger partial charge in [0, 0.05) is 50.5 Å². The van der Waals surface area contributed by atoms with Gasteiger partial charge < -0.3 is 10.2 Å². The van der Waals surface area contributed by atoms with Crippen LogP contribution in [0.2, 0.25) is 0 Å². The molecule has 1 fully saturated rings. The van der Waals surface area contributed by atoms with Crippen LogP contribution in [0.4, 0.5) is 11.4 Å². The molecule has 0 aliphatic carbocycles. The summed E-state index contributed by atoms with van der Waals surface area (Å²) in [5.74, 6) is -0.150. The topological polar surface area (TPSA) is 79.2 Å². The predicted molar refractivity (Wildman–Crippen MR) is 136 cm³/mol. The Labute approximate surface area is 205 Å². The first-order valence-corrected chi connectivity index (χ1v) is 11.9. The number of nitrogens with zero attached hydrogens (tertiary/aromatic N) is 6. The van der Waals surface area contributed by atoms with Gasteiger partial charge in [-0.15, -0.1) is 5.10 Å². The Balaban J connectivity index is 1.18. The molecule has 1 atom stereocenters. The quantitative estimate of drug-likeness (QED) is 0.428. The molecule has 0 radical (unpaired) electrons. The van der Waals surface area contributed by atoms with Crippen LogP contribution < -0.4 is 10.2 Å². The third-order valence-corrected chi connectivity index (χ3v) is 6.38. The van der Waals surface area contributed by atoms with Gasteiger partial charge in [0.2, 0.25) is 5.91 Å². The van der Waals surface area contributed by atoms with E-state index in [2.05, 4.69) is 73.1 Å². The molecule has 2 heterocycles. The van der Waals surface area contributed by atoms with Crippen molar-refractivity contribution in [3.8, 4) is 0 Å². The van der Waals surface area contributed by atoms with Gasteiger partial charge in [-0.25, -0.2) is 4.68 Å². The first-order chi connectivity index (χ1) is 17.2. The summed E-state index contributed by atoms with van der Waals surface area (Å²) in [6.07, 6.45) is 1.98. The molecule has 4 aromatic rings. The monoisotopic (exact) mass is 467 g/mol. The molecule has 1 aromatic heterocycles. The highest BCUT2D eigenvalue weighted by Gasteiger charge is 2.23. The van der Waals surface area contributed by atoms with E-state index in [1.54, 1.807) is 0 Å². The highest BCUT2D eigenvalue weighted by atomic mass is 16.2. The number of hydrogen-bond acceptors (Lipinski definition) is 6. The fourth-order valence-electron chi connectivity index (χ4n) is 4.44. The maximum absolute atomic E-state index is 13.1. The summed E-state index contributed by atoms with van der Waals surface area (Å²) in [7, 11) is 0. The number of carbonyl (C=O) groups excluding carboxylic acids is 1. The highest BCUT2D eigenvalue weighted by Crippen LogP contribution is 2.22. The number of carbonyl (C=O) groups is 1. The van der Waals surface area contributed by atoms with E-state index in [0.717, 1.165) is 44.0 Å². The average molecular weight is 468 g/mol. The number of aromatic nitrogens is 4. The largest absolute Gasteiger partial charge is 0.369 e. The number of hydrogen-bond donors (Lipinski definition) is 1. The van der Waals surface area contributed by atoms with E-state index in [1.165, 1.54) is 22.3 Å². The van der Waals surface area contributed by atoms with Crippen LogP contribution >= 0.6 is 0 Å². The van der Waals surface area contributed by atoms with Crippen molar-refractivity contribution in [2.24, 2.45) is 0 Å². The van der Waals surface area contributed by atoms with Crippen molar-refractivity contribution in [2.45, 2.75) is 19.0 Å². The van der Waals surface area contributed by atoms with Gasteiger partial charge in [0.15, 0.2) is 0 Å². The van der Waals surface area contributed by atoms with Crippen LogP contribution in [0.3, 0.4) is 0 Å². The molecule has 35 heavy (non-hydrogen) atoms. The van der Waals surface area contributed by atoms with E-state index >= 15 is 0 Å². The van der Waals surface area contributed by atoms with Crippen LogP contribution in [0.1, 0.15) is 17.2 Å². The first kappa shape index (κ1) is 22.7. The third kappa shape index (κ3) is 5.91. The maximum atomic E-state index is 13.1. The SMILES string of the molecule is O=C(Nc1ccc(N2CCN(Cc3ccccc3)CC2)cc1)C(Cc1ccccc1)n1cnnn1. The Morgan fingerprint density at radius 1 is 0.829 bits per heavy atom. The van der Waals surface area contributed by atoms with Crippen molar-refractivity contribution in [3.63, 3.8) is 0 Å². The molecular formula is C27H29N7O. The lowest BCUT2D eigenvalue weighted by atomic mass is 10.1. The van der Waals surface area contributed by atoms with E-state index in [-0.39, 0.29) is 5.91 Å². The minimum Gasteiger partial charge on any atom is -0.369 e. The molecule has 0 bridgehead atoms. The number of rotatable bonds is 8. The van der Waals surface area contributed by atoms with Crippen molar-refractivity contribution in [1.82, 2.24) is 25.1 Å². The number of piperazine rings is 1. The van der Waals surface area contributed by atoms with Crippen LogP contribution in [0.5, 0.6) is 0 Å². The minimum absolute atomic E-state index is 0.150. The Morgan fingerprint density at radius 2 is 1.49 bits per heavy atom. The second-order valence-corrected chi connectivity index (χ2v) is 8.78. The van der Waals surface area contributed by atoms with Crippen molar-refractivity contribution in [2.75, 3.05) is 36.4 Å². The second kappa shape index (κ2) is 10.9. The van der Waals surface area contributed by atoms with E-state index < -0.39 is 6.04 Å². The molecule has 0 saturated carbocycles. The summed E-state index contributed by atoms with van der Waals surface area (Å²) < 4.78 is 1.51. The van der Waals surface area contributed by atoms with E-state index in [9.17, 15) is 4.79 Å². The van der Waals surface area contributed by atoms with Gasteiger partial charge in [0.1, 0.15) is 12.4 Å². The van der Waals surface area contributed by atoms with Crippen LogP contribution in [0.15, 0.2) is 91.3 Å². The van der Waals surface area contributed by atoms with Gasteiger partial charge in [-0.2, -0.15) is 0 Å². The maximum Gasteiger partial charge on any atom is 0.249 e. The molecule has 1 saturated heterocycles. The molecule has 1 aliphatic heterocycles. The molecule has 178 valence electrons. The van der Waals surface area contributed by atoms with E-state index in [4.69, 9.17) is 0 Å². The third-order valence-electron chi connectivity index (χ3n) is 6.38. The summed E-state index contributed by atoms with van der Waals surface area (Å²) >= 11 is 0. The van der Waals surface area contributed by atoms with Crippen molar-refractivity contribution in [3.05, 3.63) is 102 Å². The van der Waals surface area contributed by atoms with Gasteiger partial charge in [-0.1, -0.05) is 60.7 Å². The van der Waals surface area contributed by atoms with E-state index in [0.29, 0.717) is 6.42 Å². The zero-order valence-corrected chi connectivity index (χ0v) is 19.6. The van der Waals surface area contributed by atoms with Crippen LogP contribution in [-0.4, -0.2) is 57.2 Å². The lowest BCUT2D eigenvalue weighted by Gasteiger charge is -2.36. The van der Waals surface area contributed by atoms with Crippen molar-refractivity contribution in [1.29, 1.82) is 0 Å². The Kier molecular flexibility index (Phi) is 7.10. The molecular weight excluding hydrogens is 438 g/mol. The van der Waals surface area contributed by atoms with Gasteiger partial charge in [-0.3, -0.25) is 9.69 Å². The number of benzene rings is 3. The van der Waals surface area contributed by atoms with Gasteiger partial charge in [0.05, 0.1) is 0 Å². The molecule has 1 N–H and O–H groups in total. The molecule has 3 aromatic carbocycles. The van der Waals surface area contributed by atoms with Gasteiger partial charge >= 0.3 is 0 Å². The van der Waals surface area contributed by atoms with Gasteiger partial charge in [0.25, 0.3) is 0 Å². The molecule has 1 amide bonds. The smallest absolute Gasteiger partial charge is 0.249 e. The fraction of sp³-hybridized carbons (Fsp3) is 0.259. The molecule has 1 aliphatic rings. The molecule has 8 nitrogen and oxygen atoms in total. The lowest BCUT2D eigenvalue weighted by Crippen LogP contribution is -2.45. The summed E-state index contributed by atoms with van der Waals surface area (Å²) in [5.41, 5.74) is 4.33. The summed E-state index contributed by atoms with van der Waals surface area (Å²) in [6.45, 7) is 5.01. The average Bonchev–Trinajstić information content (AvgIpc) is 3.44. The van der Waals surface area contributed by atoms with Crippen molar-refractivity contribution < 1.29 is 4.79 Å². The van der Waals surface area contributed by atoms with Crippen molar-refractivity contribution >= 4 is 17.3 Å². The Morgan fingerprint density at radius 3 is 2.11 bits per heavy atom. The fourth-order valence-corrected chi connectivity index (χ4v) is 4.44. The Bertz CT molecular complexity index is 1190. The predicted octanol–water partition coefficient (Wildman–Crippen LogP) is 3.42. The standard InChI is InChI=1S/C27H29N7O/c35-27(26(34-21-28-30-31-34)19-22-7-3-1-4-8-22)29-24-11-13-25(14-12-24)33-17-15-32(16-18-33)20-23-9-5-2-6-10-23/h1-14,21,26H,15-20H2,(H,29,35). The number of anilines is 2. The van der Waals surface area contributed by atoms with Crippen LogP contribution in [0, 0.1) is 0 Å². The lowest BCUT2D eigenvalue weighted by molar-refractivity contribution is -0.119. The van der Waals surface area contributed by atoms with E-state index in [1.807, 2.05) is 42.5 Å². The zero-order valence-electron chi connectivity index (χ0n) is 19.6. The summed E-state index contributed by atoms with van der Waals surface area (Å²) in [6, 6.07) is 28.0. The second-order valence-electron chi connectivity index (χ2n) is 8.78. The first-order valence-electron chi connectivity index (χ1n) is 11.9. The summed E-state index contributed by atoms with van der Waals surface area (Å²) in [4.78, 5) is 18.0. The number of tetrazole rings is 1. The Hall–Kier alpha value is -4.04. The van der Waals surface area contributed by atoms with Crippen LogP contribution in [-0.2, 0) is 17.8 Å². The summed E-state index contributed by atoms with van der Waals surface area (Å²) in [5, 5.41) is 14.4. The molecule has 0 spiro atoms.